The minimum absolute atomic E-state index is 0.183. The zero-order valence-electron chi connectivity index (χ0n) is 12.7. The van der Waals surface area contributed by atoms with E-state index in [0.717, 1.165) is 44.0 Å². The van der Waals surface area contributed by atoms with Crippen molar-refractivity contribution in [3.05, 3.63) is 0 Å². The largest absolute Gasteiger partial charge is 0.393 e. The topological polar surface area (TPSA) is 63.8 Å². The molecule has 112 valence electrons. The van der Waals surface area contributed by atoms with Crippen LogP contribution in [0.15, 0.2) is 15.1 Å². The summed E-state index contributed by atoms with van der Waals surface area (Å²) in [6.45, 7) is 8.28. The summed E-state index contributed by atoms with van der Waals surface area (Å²) in [7, 11) is 1.74. The average Bonchev–Trinajstić information content (AvgIpc) is 2.70. The van der Waals surface area contributed by atoms with Gasteiger partial charge < -0.3 is 10.0 Å². The second-order valence-corrected chi connectivity index (χ2v) is 5.46. The molecular formula is C14H25N5O. The molecule has 20 heavy (non-hydrogen) atoms. The number of aliphatic hydroxyl groups excluding tert-OH is 1. The average molecular weight is 279 g/mol. The Morgan fingerprint density at radius 2 is 1.95 bits per heavy atom. The van der Waals surface area contributed by atoms with Gasteiger partial charge in [-0.1, -0.05) is 0 Å². The quantitative estimate of drug-likeness (QED) is 0.471. The molecule has 0 saturated carbocycles. The maximum absolute atomic E-state index is 9.93. The number of rotatable bonds is 2. The highest BCUT2D eigenvalue weighted by atomic mass is 16.3. The van der Waals surface area contributed by atoms with Gasteiger partial charge in [0.05, 0.1) is 6.10 Å². The molecule has 0 spiro atoms. The highest BCUT2D eigenvalue weighted by Crippen LogP contribution is 2.36. The van der Waals surface area contributed by atoms with E-state index in [0.29, 0.717) is 12.1 Å². The highest BCUT2D eigenvalue weighted by molar-refractivity contribution is 5.95. The van der Waals surface area contributed by atoms with Crippen LogP contribution in [0.1, 0.15) is 39.5 Å². The summed E-state index contributed by atoms with van der Waals surface area (Å²) >= 11 is 0. The van der Waals surface area contributed by atoms with Crippen LogP contribution in [0.25, 0.3) is 0 Å². The first-order valence-corrected chi connectivity index (χ1v) is 7.33. The number of piperidine rings is 1. The summed E-state index contributed by atoms with van der Waals surface area (Å²) < 4.78 is 0. The normalized spacial score (nSPS) is 30.6. The van der Waals surface area contributed by atoms with E-state index in [4.69, 9.17) is 0 Å². The molecule has 0 radical (unpaired) electrons. The van der Waals surface area contributed by atoms with Crippen molar-refractivity contribution in [2.75, 3.05) is 13.6 Å². The number of aliphatic hydroxyl groups is 1. The van der Waals surface area contributed by atoms with E-state index >= 15 is 0 Å². The summed E-state index contributed by atoms with van der Waals surface area (Å²) in [4.78, 5) is 11.1. The van der Waals surface area contributed by atoms with Gasteiger partial charge in [-0.15, -0.1) is 0 Å². The lowest BCUT2D eigenvalue weighted by Gasteiger charge is -2.41. The number of amidine groups is 1. The molecule has 0 aromatic carbocycles. The molecule has 2 rings (SSSR count). The number of guanidine groups is 1. The standard InChI is InChI=1S/C14H25N5O/c1-5-18(16-4)14(17-10(2)15-3)19-11-6-7-12(19)9-13(20)8-11/h11-13,20H,4-9H2,1-3H3/b15-10-,17-14+. The number of aliphatic imine (C=N–C) groups is 2. The molecule has 0 amide bonds. The molecule has 2 atom stereocenters. The third-order valence-electron chi connectivity index (χ3n) is 4.23. The molecule has 2 bridgehead atoms. The summed E-state index contributed by atoms with van der Waals surface area (Å²) in [5, 5.41) is 15.8. The maximum atomic E-state index is 9.93. The van der Waals surface area contributed by atoms with Crippen LogP contribution in [0.2, 0.25) is 0 Å². The molecule has 0 aliphatic carbocycles. The number of hydrogen-bond acceptors (Lipinski definition) is 3. The lowest BCUT2D eigenvalue weighted by molar-refractivity contribution is 0.0648. The Morgan fingerprint density at radius 3 is 2.40 bits per heavy atom. The zero-order valence-corrected chi connectivity index (χ0v) is 12.7. The van der Waals surface area contributed by atoms with Crippen LogP contribution < -0.4 is 0 Å². The van der Waals surface area contributed by atoms with E-state index in [-0.39, 0.29) is 6.10 Å². The number of hydrazone groups is 1. The lowest BCUT2D eigenvalue weighted by atomic mass is 10.0. The Labute approximate surface area is 120 Å². The van der Waals surface area contributed by atoms with Gasteiger partial charge in [0.25, 0.3) is 0 Å². The SMILES string of the molecule is C=NN(CC)/C(=N\C(C)=N/C)N1C2CCC1CC(O)C2. The summed E-state index contributed by atoms with van der Waals surface area (Å²) in [6, 6.07) is 0.700. The molecule has 0 aromatic heterocycles. The van der Waals surface area contributed by atoms with Crippen molar-refractivity contribution >= 4 is 18.5 Å². The summed E-state index contributed by atoms with van der Waals surface area (Å²) in [5.74, 6) is 1.55. The summed E-state index contributed by atoms with van der Waals surface area (Å²) in [6.07, 6.45) is 3.66. The fourth-order valence-corrected chi connectivity index (χ4v) is 3.22. The van der Waals surface area contributed by atoms with Crippen LogP contribution >= 0.6 is 0 Å². The third kappa shape index (κ3) is 2.85. The van der Waals surface area contributed by atoms with Crippen molar-refractivity contribution in [1.82, 2.24) is 9.91 Å². The Bertz CT molecular complexity index is 406. The Hall–Kier alpha value is -1.43. The van der Waals surface area contributed by atoms with Crippen LogP contribution in [0, 0.1) is 0 Å². The highest BCUT2D eigenvalue weighted by Gasteiger charge is 2.43. The number of fused-ring (bicyclic) bond motifs is 2. The third-order valence-corrected chi connectivity index (χ3v) is 4.23. The van der Waals surface area contributed by atoms with Gasteiger partial charge in [0.2, 0.25) is 5.96 Å². The first kappa shape index (κ1) is 15.0. The fourth-order valence-electron chi connectivity index (χ4n) is 3.22. The van der Waals surface area contributed by atoms with Crippen molar-refractivity contribution in [1.29, 1.82) is 0 Å². The predicted molar refractivity (Wildman–Crippen MR) is 82.3 cm³/mol. The first-order valence-electron chi connectivity index (χ1n) is 7.33. The molecule has 2 saturated heterocycles. The molecule has 2 aliphatic heterocycles. The van der Waals surface area contributed by atoms with Crippen molar-refractivity contribution in [3.8, 4) is 0 Å². The van der Waals surface area contributed by atoms with E-state index in [1.54, 1.807) is 7.05 Å². The van der Waals surface area contributed by atoms with Gasteiger partial charge in [0, 0.05) is 32.4 Å². The van der Waals surface area contributed by atoms with Crippen molar-refractivity contribution in [2.45, 2.75) is 57.7 Å². The molecular weight excluding hydrogens is 254 g/mol. The monoisotopic (exact) mass is 279 g/mol. The van der Waals surface area contributed by atoms with Gasteiger partial charge in [-0.2, -0.15) is 10.1 Å². The smallest absolute Gasteiger partial charge is 0.224 e. The van der Waals surface area contributed by atoms with Crippen molar-refractivity contribution < 1.29 is 5.11 Å². The second kappa shape index (κ2) is 6.35. The fraction of sp³-hybridized carbons (Fsp3) is 0.786. The van der Waals surface area contributed by atoms with Crippen molar-refractivity contribution in [3.63, 3.8) is 0 Å². The van der Waals surface area contributed by atoms with Crippen molar-refractivity contribution in [2.24, 2.45) is 15.1 Å². The van der Waals surface area contributed by atoms with E-state index in [9.17, 15) is 5.11 Å². The molecule has 6 nitrogen and oxygen atoms in total. The van der Waals surface area contributed by atoms with E-state index in [1.807, 2.05) is 18.9 Å². The molecule has 2 heterocycles. The lowest BCUT2D eigenvalue weighted by Crippen LogP contribution is -2.53. The van der Waals surface area contributed by atoms with E-state index in [2.05, 4.69) is 26.7 Å². The predicted octanol–water partition coefficient (Wildman–Crippen LogP) is 1.32. The molecule has 6 heteroatoms. The minimum Gasteiger partial charge on any atom is -0.393 e. The Kier molecular flexibility index (Phi) is 4.75. The van der Waals surface area contributed by atoms with Gasteiger partial charge in [-0.3, -0.25) is 4.99 Å². The summed E-state index contributed by atoms with van der Waals surface area (Å²) in [5.41, 5.74) is 0. The van der Waals surface area contributed by atoms with Gasteiger partial charge in [0.1, 0.15) is 5.84 Å². The minimum atomic E-state index is -0.183. The van der Waals surface area contributed by atoms with E-state index in [1.165, 1.54) is 0 Å². The van der Waals surface area contributed by atoms with Crippen LogP contribution in [-0.2, 0) is 0 Å². The van der Waals surface area contributed by atoms with Crippen LogP contribution in [0.3, 0.4) is 0 Å². The van der Waals surface area contributed by atoms with Crippen LogP contribution in [-0.4, -0.2) is 65.3 Å². The molecule has 2 fully saturated rings. The van der Waals surface area contributed by atoms with Crippen LogP contribution in [0.4, 0.5) is 0 Å². The zero-order chi connectivity index (χ0) is 14.7. The van der Waals surface area contributed by atoms with Gasteiger partial charge in [0.15, 0.2) is 0 Å². The van der Waals surface area contributed by atoms with E-state index < -0.39 is 0 Å². The van der Waals surface area contributed by atoms with Gasteiger partial charge >= 0.3 is 0 Å². The molecule has 0 aromatic rings. The number of nitrogens with zero attached hydrogens (tertiary/aromatic N) is 5. The molecule has 2 unspecified atom stereocenters. The molecule has 2 aliphatic rings. The Balaban J connectivity index is 2.32. The maximum Gasteiger partial charge on any atom is 0.224 e. The molecule has 1 N–H and O–H groups in total. The number of hydrogen-bond donors (Lipinski definition) is 1. The second-order valence-electron chi connectivity index (χ2n) is 5.46. The Morgan fingerprint density at radius 1 is 1.35 bits per heavy atom. The van der Waals surface area contributed by atoms with Gasteiger partial charge in [-0.25, -0.2) is 5.01 Å². The van der Waals surface area contributed by atoms with Gasteiger partial charge in [-0.05, 0) is 39.5 Å². The van der Waals surface area contributed by atoms with Crippen LogP contribution in [0.5, 0.6) is 0 Å². The first-order chi connectivity index (χ1) is 9.60.